The predicted molar refractivity (Wildman–Crippen MR) is 186 cm³/mol. The van der Waals surface area contributed by atoms with Gasteiger partial charge in [-0.3, -0.25) is 9.36 Å². The number of hydrogen-bond acceptors (Lipinski definition) is 9. The fraction of sp³-hybridized carbons (Fsp3) is 0.237. The lowest BCUT2D eigenvalue weighted by atomic mass is 9.95. The SMILES string of the molecule is CCOC(=O)C1=C(C)N=c2s/c(=C\c3ccc(OCc4cccc5ccccc45)c(OCC)c3)c(=O)n2[C@@H]1c1ccc(OC)c(OC)c1. The second-order valence-electron chi connectivity index (χ2n) is 11.0. The minimum atomic E-state index is -0.786. The Kier molecular flexibility index (Phi) is 9.63. The van der Waals surface area contributed by atoms with Crippen LogP contribution < -0.4 is 33.8 Å². The fourth-order valence-electron chi connectivity index (χ4n) is 5.86. The van der Waals surface area contributed by atoms with E-state index in [1.165, 1.54) is 18.4 Å². The molecule has 246 valence electrons. The molecule has 0 spiro atoms. The molecule has 0 aliphatic carbocycles. The minimum Gasteiger partial charge on any atom is -0.493 e. The van der Waals surface area contributed by atoms with Crippen molar-refractivity contribution in [3.63, 3.8) is 0 Å². The van der Waals surface area contributed by atoms with Gasteiger partial charge in [-0.15, -0.1) is 0 Å². The molecule has 9 nitrogen and oxygen atoms in total. The highest BCUT2D eigenvalue weighted by molar-refractivity contribution is 7.07. The number of allylic oxidation sites excluding steroid dienone is 1. The fourth-order valence-corrected chi connectivity index (χ4v) is 6.90. The van der Waals surface area contributed by atoms with Gasteiger partial charge in [-0.1, -0.05) is 65.9 Å². The monoisotopic (exact) mass is 664 g/mol. The van der Waals surface area contributed by atoms with Crippen molar-refractivity contribution in [1.29, 1.82) is 0 Å². The Morgan fingerprint density at radius 3 is 2.42 bits per heavy atom. The van der Waals surface area contributed by atoms with Gasteiger partial charge in [-0.05, 0) is 78.6 Å². The van der Waals surface area contributed by atoms with Gasteiger partial charge in [-0.25, -0.2) is 9.79 Å². The average Bonchev–Trinajstić information content (AvgIpc) is 3.40. The number of aromatic nitrogens is 1. The Morgan fingerprint density at radius 2 is 1.65 bits per heavy atom. The maximum atomic E-state index is 14.2. The van der Waals surface area contributed by atoms with E-state index < -0.39 is 12.0 Å². The molecule has 10 heteroatoms. The van der Waals surface area contributed by atoms with E-state index >= 15 is 0 Å². The van der Waals surface area contributed by atoms with Crippen LogP contribution in [0.3, 0.4) is 0 Å². The molecule has 0 saturated carbocycles. The second-order valence-corrected chi connectivity index (χ2v) is 12.0. The number of nitrogens with zero attached hydrogens (tertiary/aromatic N) is 2. The molecule has 1 aliphatic heterocycles. The highest BCUT2D eigenvalue weighted by atomic mass is 32.1. The van der Waals surface area contributed by atoms with E-state index in [-0.39, 0.29) is 17.7 Å². The number of thiazole rings is 1. The Bertz CT molecular complexity index is 2210. The van der Waals surface area contributed by atoms with Gasteiger partial charge in [0.25, 0.3) is 5.56 Å². The number of fused-ring (bicyclic) bond motifs is 2. The number of benzene rings is 4. The molecule has 6 rings (SSSR count). The summed E-state index contributed by atoms with van der Waals surface area (Å²) in [6, 6.07) is 24.5. The molecular formula is C38H36N2O7S. The topological polar surface area (TPSA) is 97.6 Å². The van der Waals surface area contributed by atoms with Gasteiger partial charge in [0.15, 0.2) is 27.8 Å². The molecule has 48 heavy (non-hydrogen) atoms. The normalized spacial score (nSPS) is 14.4. The third-order valence-electron chi connectivity index (χ3n) is 8.07. The zero-order valence-corrected chi connectivity index (χ0v) is 28.3. The largest absolute Gasteiger partial charge is 0.493 e. The summed E-state index contributed by atoms with van der Waals surface area (Å²) in [7, 11) is 3.09. The van der Waals surface area contributed by atoms with E-state index in [0.29, 0.717) is 56.8 Å². The van der Waals surface area contributed by atoms with Crippen molar-refractivity contribution in [2.45, 2.75) is 33.4 Å². The Hall–Kier alpha value is -5.35. The Labute approximate surface area is 281 Å². The molecule has 0 unspecified atom stereocenters. The summed E-state index contributed by atoms with van der Waals surface area (Å²) < 4.78 is 30.6. The van der Waals surface area contributed by atoms with Crippen LogP contribution in [0.2, 0.25) is 0 Å². The first-order valence-electron chi connectivity index (χ1n) is 15.6. The lowest BCUT2D eigenvalue weighted by Gasteiger charge is -2.25. The van der Waals surface area contributed by atoms with Crippen LogP contribution >= 0.6 is 11.3 Å². The molecule has 2 heterocycles. The van der Waals surface area contributed by atoms with Crippen LogP contribution in [0.4, 0.5) is 0 Å². The van der Waals surface area contributed by atoms with Crippen molar-refractivity contribution in [2.75, 3.05) is 27.4 Å². The summed E-state index contributed by atoms with van der Waals surface area (Å²) in [4.78, 5) is 32.6. The molecule has 0 amide bonds. The van der Waals surface area contributed by atoms with Gasteiger partial charge in [0.1, 0.15) is 6.61 Å². The number of carbonyl (C=O) groups is 1. The van der Waals surface area contributed by atoms with E-state index in [4.69, 9.17) is 23.7 Å². The van der Waals surface area contributed by atoms with Crippen LogP contribution in [-0.4, -0.2) is 38.0 Å². The lowest BCUT2D eigenvalue weighted by Crippen LogP contribution is -2.39. The number of hydrogen-bond donors (Lipinski definition) is 0. The molecule has 0 saturated heterocycles. The molecule has 0 bridgehead atoms. The summed E-state index contributed by atoms with van der Waals surface area (Å²) in [6.07, 6.45) is 1.80. The first-order chi connectivity index (χ1) is 23.4. The molecule has 4 aromatic carbocycles. The van der Waals surface area contributed by atoms with Gasteiger partial charge < -0.3 is 23.7 Å². The van der Waals surface area contributed by atoms with Crippen LogP contribution in [0.1, 0.15) is 43.5 Å². The molecule has 1 aromatic heterocycles. The molecule has 0 N–H and O–H groups in total. The summed E-state index contributed by atoms with van der Waals surface area (Å²) in [5.41, 5.74) is 2.96. The summed E-state index contributed by atoms with van der Waals surface area (Å²) in [5.74, 6) is 1.64. The Balaban J connectivity index is 1.39. The number of ether oxygens (including phenoxy) is 5. The summed E-state index contributed by atoms with van der Waals surface area (Å²) in [5, 5.41) is 2.29. The smallest absolute Gasteiger partial charge is 0.338 e. The first-order valence-corrected chi connectivity index (χ1v) is 16.5. The number of carbonyl (C=O) groups excluding carboxylic acids is 1. The molecule has 1 aliphatic rings. The van der Waals surface area contributed by atoms with E-state index in [1.54, 1.807) is 43.7 Å². The van der Waals surface area contributed by atoms with E-state index in [2.05, 4.69) is 29.3 Å². The van der Waals surface area contributed by atoms with Crippen LogP contribution in [-0.2, 0) is 16.1 Å². The van der Waals surface area contributed by atoms with Crippen LogP contribution in [0, 0.1) is 0 Å². The van der Waals surface area contributed by atoms with Crippen LogP contribution in [0.15, 0.2) is 99.9 Å². The maximum Gasteiger partial charge on any atom is 0.338 e. The summed E-state index contributed by atoms with van der Waals surface area (Å²) >= 11 is 1.25. The van der Waals surface area contributed by atoms with Gasteiger partial charge in [0, 0.05) is 0 Å². The zero-order chi connectivity index (χ0) is 33.8. The van der Waals surface area contributed by atoms with Gasteiger partial charge in [0.05, 0.1) is 49.3 Å². The van der Waals surface area contributed by atoms with Crippen molar-refractivity contribution < 1.29 is 28.5 Å². The van der Waals surface area contributed by atoms with Gasteiger partial charge in [0.2, 0.25) is 0 Å². The molecule has 0 fully saturated rings. The molecule has 0 radical (unpaired) electrons. The van der Waals surface area contributed by atoms with E-state index in [0.717, 1.165) is 21.9 Å². The second kappa shape index (κ2) is 14.2. The molecule has 5 aromatic rings. The number of rotatable bonds is 11. The molecular weight excluding hydrogens is 628 g/mol. The van der Waals surface area contributed by atoms with Crippen molar-refractivity contribution in [3.8, 4) is 23.0 Å². The highest BCUT2D eigenvalue weighted by Crippen LogP contribution is 2.36. The summed E-state index contributed by atoms with van der Waals surface area (Å²) in [6.45, 7) is 6.40. The third-order valence-corrected chi connectivity index (χ3v) is 9.05. The van der Waals surface area contributed by atoms with E-state index in [1.807, 2.05) is 49.4 Å². The van der Waals surface area contributed by atoms with Crippen LogP contribution in [0.25, 0.3) is 16.8 Å². The van der Waals surface area contributed by atoms with Crippen molar-refractivity contribution in [1.82, 2.24) is 4.57 Å². The zero-order valence-electron chi connectivity index (χ0n) is 27.4. The molecule has 1 atom stereocenters. The van der Waals surface area contributed by atoms with Gasteiger partial charge in [-0.2, -0.15) is 0 Å². The van der Waals surface area contributed by atoms with E-state index in [9.17, 15) is 9.59 Å². The third kappa shape index (κ3) is 6.31. The first kappa shape index (κ1) is 32.6. The van der Waals surface area contributed by atoms with Crippen LogP contribution in [0.5, 0.6) is 23.0 Å². The van der Waals surface area contributed by atoms with Crippen molar-refractivity contribution >= 4 is 34.2 Å². The average molecular weight is 665 g/mol. The minimum absolute atomic E-state index is 0.183. The van der Waals surface area contributed by atoms with Gasteiger partial charge >= 0.3 is 5.97 Å². The van der Waals surface area contributed by atoms with Crippen molar-refractivity contribution in [3.05, 3.63) is 127 Å². The van der Waals surface area contributed by atoms with Crippen molar-refractivity contribution in [2.24, 2.45) is 4.99 Å². The predicted octanol–water partition coefficient (Wildman–Crippen LogP) is 5.95. The number of methoxy groups -OCH3 is 2. The highest BCUT2D eigenvalue weighted by Gasteiger charge is 2.34. The number of esters is 1. The standard InChI is InChI=1S/C38H36N2O7S/c1-6-45-32-19-24(15-17-30(32)47-22-27-13-10-12-25-11-8-9-14-28(25)27)20-33-36(41)40-35(26-16-18-29(43-4)31(21-26)44-5)34(37(42)46-7-2)23(3)39-38(40)48-33/h8-21,35H,6-7,22H2,1-5H3/b33-20-/t35-/m1/s1. The Morgan fingerprint density at radius 1 is 0.875 bits per heavy atom. The maximum absolute atomic E-state index is 14.2. The lowest BCUT2D eigenvalue weighted by molar-refractivity contribution is -0.139. The quantitative estimate of drug-likeness (QED) is 0.161.